The number of piperidine rings is 1. The summed E-state index contributed by atoms with van der Waals surface area (Å²) in [6.07, 6.45) is 5.57. The van der Waals surface area contributed by atoms with Crippen molar-refractivity contribution in [1.82, 2.24) is 24.6 Å². The number of aromatic nitrogens is 4. The Morgan fingerprint density at radius 3 is 2.84 bits per heavy atom. The highest BCUT2D eigenvalue weighted by Crippen LogP contribution is 2.43. The van der Waals surface area contributed by atoms with Gasteiger partial charge in [-0.05, 0) is 43.4 Å². The van der Waals surface area contributed by atoms with Gasteiger partial charge in [0.05, 0.1) is 10.9 Å². The molecule has 0 unspecified atom stereocenters. The molecule has 2 aliphatic rings. The molecule has 2 fully saturated rings. The van der Waals surface area contributed by atoms with Crippen molar-refractivity contribution < 1.29 is 14.4 Å². The molecule has 3 aromatic rings. The molecule has 3 aromatic heterocycles. The van der Waals surface area contributed by atoms with E-state index in [2.05, 4.69) is 20.4 Å². The van der Waals surface area contributed by atoms with Gasteiger partial charge >= 0.3 is 0 Å². The van der Waals surface area contributed by atoms with Crippen molar-refractivity contribution in [2.45, 2.75) is 37.9 Å². The maximum atomic E-state index is 13.4. The number of likely N-dealkylation sites (tertiary alicyclic amines) is 1. The quantitative estimate of drug-likeness (QED) is 0.563. The average Bonchev–Trinajstić information content (AvgIpc) is 3.47. The van der Waals surface area contributed by atoms with Crippen LogP contribution in [0.4, 0.5) is 5.82 Å². The summed E-state index contributed by atoms with van der Waals surface area (Å²) in [5, 5.41) is 7.78. The number of fused-ring (bicyclic) bond motifs is 3. The third kappa shape index (κ3) is 3.46. The van der Waals surface area contributed by atoms with Crippen LogP contribution in [0.3, 0.4) is 0 Å². The minimum Gasteiger partial charge on any atom is -0.364 e. The van der Waals surface area contributed by atoms with Crippen LogP contribution in [0.1, 0.15) is 29.8 Å². The van der Waals surface area contributed by atoms with E-state index in [0.29, 0.717) is 16.7 Å². The molecule has 2 bridgehead atoms. The molecule has 1 saturated carbocycles. The van der Waals surface area contributed by atoms with Crippen LogP contribution >= 0.6 is 11.6 Å². The Balaban J connectivity index is 1.41. The SMILES string of the molecule is NC(=O)c1nn(CC(=O)N2[C@@H]3CC[C@@H](C3)[C@H]2C(=O)Nc2cccc(Cl)n2)c2ccncc12. The maximum Gasteiger partial charge on any atom is 0.269 e. The van der Waals surface area contributed by atoms with Crippen LogP contribution in [0.5, 0.6) is 0 Å². The summed E-state index contributed by atoms with van der Waals surface area (Å²) in [5.74, 6) is -0.792. The van der Waals surface area contributed by atoms with E-state index in [9.17, 15) is 14.4 Å². The molecule has 11 heteroatoms. The van der Waals surface area contributed by atoms with Crippen molar-refractivity contribution in [3.8, 4) is 0 Å². The van der Waals surface area contributed by atoms with E-state index in [0.717, 1.165) is 19.3 Å². The number of amides is 3. The fourth-order valence-corrected chi connectivity index (χ4v) is 5.06. The van der Waals surface area contributed by atoms with Crippen molar-refractivity contribution in [2.75, 3.05) is 5.32 Å². The fourth-order valence-electron chi connectivity index (χ4n) is 4.90. The van der Waals surface area contributed by atoms with Gasteiger partial charge in [0, 0.05) is 18.4 Å². The van der Waals surface area contributed by atoms with Gasteiger partial charge in [0.15, 0.2) is 5.69 Å². The van der Waals surface area contributed by atoms with E-state index in [-0.39, 0.29) is 41.2 Å². The summed E-state index contributed by atoms with van der Waals surface area (Å²) in [4.78, 5) is 48.0. The minimum atomic E-state index is -0.694. The molecule has 1 aliphatic heterocycles. The number of hydrogen-bond donors (Lipinski definition) is 2. The van der Waals surface area contributed by atoms with Gasteiger partial charge < -0.3 is 16.0 Å². The normalized spacial score (nSPS) is 21.8. The molecule has 164 valence electrons. The second kappa shape index (κ2) is 7.86. The minimum absolute atomic E-state index is 0.00493. The smallest absolute Gasteiger partial charge is 0.269 e. The van der Waals surface area contributed by atoms with Crippen molar-refractivity contribution >= 4 is 46.0 Å². The molecular formula is C21H20ClN7O3. The lowest BCUT2D eigenvalue weighted by atomic mass is 9.97. The van der Waals surface area contributed by atoms with E-state index >= 15 is 0 Å². The van der Waals surface area contributed by atoms with Crippen molar-refractivity contribution in [1.29, 1.82) is 0 Å². The zero-order chi connectivity index (χ0) is 22.4. The maximum absolute atomic E-state index is 13.4. The summed E-state index contributed by atoms with van der Waals surface area (Å²) < 4.78 is 1.44. The fraction of sp³-hybridized carbons (Fsp3) is 0.333. The summed E-state index contributed by atoms with van der Waals surface area (Å²) in [7, 11) is 0. The summed E-state index contributed by atoms with van der Waals surface area (Å²) in [6.45, 7) is -0.115. The van der Waals surface area contributed by atoms with Crippen molar-refractivity contribution in [3.05, 3.63) is 47.5 Å². The molecule has 5 rings (SSSR count). The Hall–Kier alpha value is -3.53. The predicted octanol–water partition coefficient (Wildman–Crippen LogP) is 1.60. The largest absolute Gasteiger partial charge is 0.364 e. The van der Waals surface area contributed by atoms with Gasteiger partial charge in [-0.15, -0.1) is 0 Å². The molecule has 10 nitrogen and oxygen atoms in total. The van der Waals surface area contributed by atoms with E-state index < -0.39 is 11.9 Å². The number of pyridine rings is 2. The van der Waals surface area contributed by atoms with Crippen LogP contribution in [-0.4, -0.2) is 54.5 Å². The second-order valence-corrected chi connectivity index (χ2v) is 8.46. The first-order chi connectivity index (χ1) is 15.4. The number of nitrogens with one attached hydrogen (secondary N) is 1. The third-order valence-corrected chi connectivity index (χ3v) is 6.39. The third-order valence-electron chi connectivity index (χ3n) is 6.18. The average molecular weight is 454 g/mol. The topological polar surface area (TPSA) is 136 Å². The zero-order valence-corrected chi connectivity index (χ0v) is 17.7. The van der Waals surface area contributed by atoms with Crippen molar-refractivity contribution in [3.63, 3.8) is 0 Å². The highest BCUT2D eigenvalue weighted by molar-refractivity contribution is 6.29. The van der Waals surface area contributed by atoms with Crippen molar-refractivity contribution in [2.24, 2.45) is 11.7 Å². The lowest BCUT2D eigenvalue weighted by Crippen LogP contribution is -2.52. The predicted molar refractivity (Wildman–Crippen MR) is 116 cm³/mol. The van der Waals surface area contributed by atoms with Gasteiger partial charge in [-0.25, -0.2) is 4.98 Å². The highest BCUT2D eigenvalue weighted by atomic mass is 35.5. The van der Waals surface area contributed by atoms with Crippen LogP contribution in [0, 0.1) is 5.92 Å². The molecular weight excluding hydrogens is 434 g/mol. The number of rotatable bonds is 5. The van der Waals surface area contributed by atoms with Gasteiger partial charge in [-0.1, -0.05) is 17.7 Å². The number of hydrogen-bond acceptors (Lipinski definition) is 6. The first-order valence-electron chi connectivity index (χ1n) is 10.3. The number of halogens is 1. The lowest BCUT2D eigenvalue weighted by Gasteiger charge is -2.34. The number of carbonyl (C=O) groups excluding carboxylic acids is 3. The van der Waals surface area contributed by atoms with Gasteiger partial charge in [-0.2, -0.15) is 5.10 Å². The number of carbonyl (C=O) groups is 3. The van der Waals surface area contributed by atoms with Crippen LogP contribution in [0.2, 0.25) is 5.15 Å². The van der Waals surface area contributed by atoms with Crippen LogP contribution in [-0.2, 0) is 16.1 Å². The van der Waals surface area contributed by atoms with E-state index in [4.69, 9.17) is 17.3 Å². The number of anilines is 1. The van der Waals surface area contributed by atoms with Crippen LogP contribution in [0.25, 0.3) is 10.9 Å². The Labute approximate surface area is 187 Å². The molecule has 32 heavy (non-hydrogen) atoms. The summed E-state index contributed by atoms with van der Waals surface area (Å²) >= 11 is 5.92. The highest BCUT2D eigenvalue weighted by Gasteiger charge is 2.51. The molecule has 0 spiro atoms. The van der Waals surface area contributed by atoms with Crippen LogP contribution in [0.15, 0.2) is 36.7 Å². The van der Waals surface area contributed by atoms with E-state index in [1.165, 1.54) is 10.9 Å². The molecule has 1 aliphatic carbocycles. The van der Waals surface area contributed by atoms with Gasteiger partial charge in [0.1, 0.15) is 23.6 Å². The Morgan fingerprint density at radius 1 is 1.22 bits per heavy atom. The number of nitrogens with zero attached hydrogens (tertiary/aromatic N) is 5. The zero-order valence-electron chi connectivity index (χ0n) is 16.9. The van der Waals surface area contributed by atoms with Gasteiger partial charge in [0.25, 0.3) is 5.91 Å². The number of primary amides is 1. The second-order valence-electron chi connectivity index (χ2n) is 8.07. The van der Waals surface area contributed by atoms with E-state index in [1.807, 2.05) is 0 Å². The Bertz CT molecular complexity index is 1240. The molecule has 3 amide bonds. The molecule has 3 atom stereocenters. The Kier molecular flexibility index (Phi) is 5.01. The first kappa shape index (κ1) is 20.4. The Morgan fingerprint density at radius 2 is 2.06 bits per heavy atom. The van der Waals surface area contributed by atoms with E-state index in [1.54, 1.807) is 35.4 Å². The van der Waals surface area contributed by atoms with Gasteiger partial charge in [-0.3, -0.25) is 24.0 Å². The standard InChI is InChI=1S/C21H20ClN7O3/c22-15-2-1-3-16(25-15)26-21(32)19-11-4-5-12(8-11)29(19)17(30)10-28-14-6-7-24-9-13(14)18(27-28)20(23)31/h1-3,6-7,9,11-12,19H,4-5,8,10H2,(H2,23,31)(H,25,26,32)/t11-,12+,19-/m0/s1. The lowest BCUT2D eigenvalue weighted by molar-refractivity contribution is -0.141. The summed E-state index contributed by atoms with van der Waals surface area (Å²) in [5.41, 5.74) is 6.07. The molecule has 4 heterocycles. The number of nitrogens with two attached hydrogens (primary N) is 1. The molecule has 3 N–H and O–H groups in total. The monoisotopic (exact) mass is 453 g/mol. The summed E-state index contributed by atoms with van der Waals surface area (Å²) in [6, 6.07) is 6.04. The van der Waals surface area contributed by atoms with Crippen LogP contribution < -0.4 is 11.1 Å². The molecule has 0 aromatic carbocycles. The first-order valence-corrected chi connectivity index (χ1v) is 10.6. The van der Waals surface area contributed by atoms with Gasteiger partial charge in [0.2, 0.25) is 11.8 Å². The molecule has 1 saturated heterocycles. The molecule has 0 radical (unpaired) electrons.